The van der Waals surface area contributed by atoms with Crippen LogP contribution in [-0.4, -0.2) is 34.2 Å². The van der Waals surface area contributed by atoms with Crippen molar-refractivity contribution in [2.24, 2.45) is 5.92 Å². The molecule has 0 aromatic heterocycles. The molecule has 6 heteroatoms. The first-order chi connectivity index (χ1) is 21.0. The highest BCUT2D eigenvalue weighted by molar-refractivity contribution is 5.98. The van der Waals surface area contributed by atoms with Gasteiger partial charge in [-0.05, 0) is 65.6 Å². The zero-order valence-corrected chi connectivity index (χ0v) is 24.3. The number of amides is 1. The van der Waals surface area contributed by atoms with Crippen molar-refractivity contribution in [2.45, 2.75) is 51.7 Å². The maximum absolute atomic E-state index is 13.1. The van der Waals surface area contributed by atoms with Crippen molar-refractivity contribution in [3.8, 4) is 16.9 Å². The van der Waals surface area contributed by atoms with Crippen molar-refractivity contribution < 1.29 is 24.2 Å². The molecule has 1 fully saturated rings. The third-order valence-electron chi connectivity index (χ3n) is 8.09. The minimum Gasteiger partial charge on any atom is -0.489 e. The third-order valence-corrected chi connectivity index (χ3v) is 8.09. The fourth-order valence-corrected chi connectivity index (χ4v) is 5.51. The number of ketones is 1. The first kappa shape index (κ1) is 29.8. The van der Waals surface area contributed by atoms with Crippen molar-refractivity contribution in [1.82, 2.24) is 4.90 Å². The van der Waals surface area contributed by atoms with Crippen LogP contribution in [0.15, 0.2) is 103 Å². The number of carbonyl (C=O) groups excluding carboxylic acids is 2. The normalized spacial score (nSPS) is 13.9. The van der Waals surface area contributed by atoms with Gasteiger partial charge in [-0.2, -0.15) is 0 Å². The van der Waals surface area contributed by atoms with Gasteiger partial charge in [0.25, 0.3) is 0 Å². The first-order valence-electron chi connectivity index (χ1n) is 14.9. The van der Waals surface area contributed by atoms with Crippen LogP contribution in [0.4, 0.5) is 0 Å². The fourth-order valence-electron chi connectivity index (χ4n) is 5.51. The molecule has 1 saturated heterocycles. The molecule has 0 saturated carbocycles. The molecule has 220 valence electrons. The summed E-state index contributed by atoms with van der Waals surface area (Å²) < 4.78 is 5.87. The largest absolute Gasteiger partial charge is 0.489 e. The number of hydrogen-bond acceptors (Lipinski definition) is 4. The number of likely N-dealkylation sites (tertiary alicyclic amines) is 1. The van der Waals surface area contributed by atoms with Crippen LogP contribution in [-0.2, 0) is 29.2 Å². The van der Waals surface area contributed by atoms with E-state index in [1.165, 1.54) is 0 Å². The van der Waals surface area contributed by atoms with E-state index >= 15 is 0 Å². The van der Waals surface area contributed by atoms with E-state index in [2.05, 4.69) is 0 Å². The zero-order valence-electron chi connectivity index (χ0n) is 24.3. The molecule has 0 bridgehead atoms. The van der Waals surface area contributed by atoms with E-state index in [0.29, 0.717) is 38.0 Å². The Kier molecular flexibility index (Phi) is 10.0. The summed E-state index contributed by atoms with van der Waals surface area (Å²) in [4.78, 5) is 39.4. The van der Waals surface area contributed by atoms with Gasteiger partial charge >= 0.3 is 5.97 Å². The lowest BCUT2D eigenvalue weighted by atomic mass is 9.90. The Hall–Kier alpha value is -4.71. The summed E-state index contributed by atoms with van der Waals surface area (Å²) in [7, 11) is 0. The predicted octanol–water partition coefficient (Wildman–Crippen LogP) is 7.35. The minimum atomic E-state index is -0.969. The monoisotopic (exact) mass is 575 g/mol. The van der Waals surface area contributed by atoms with Gasteiger partial charge in [-0.1, -0.05) is 91.0 Å². The Morgan fingerprint density at radius 3 is 2.12 bits per heavy atom. The molecule has 43 heavy (non-hydrogen) atoms. The molecule has 0 aliphatic carbocycles. The SMILES string of the molecule is O=C(CC(CCc1ccccc1CN1CCCCC1=O)C(=O)O)c1ccc(-c2ccc(OCc3ccccc3)cc2)cc1. The van der Waals surface area contributed by atoms with E-state index in [1.807, 2.05) is 95.9 Å². The Labute approximate surface area is 252 Å². The van der Waals surface area contributed by atoms with Crippen LogP contribution in [0.5, 0.6) is 5.75 Å². The summed E-state index contributed by atoms with van der Waals surface area (Å²) in [5.74, 6) is -0.994. The molecule has 1 aliphatic rings. The van der Waals surface area contributed by atoms with Gasteiger partial charge in [-0.15, -0.1) is 0 Å². The second kappa shape index (κ2) is 14.5. The molecular weight excluding hydrogens is 538 g/mol. The van der Waals surface area contributed by atoms with Crippen LogP contribution >= 0.6 is 0 Å². The van der Waals surface area contributed by atoms with E-state index in [4.69, 9.17) is 4.74 Å². The number of carboxylic acids is 1. The van der Waals surface area contributed by atoms with Gasteiger partial charge in [-0.25, -0.2) is 0 Å². The topological polar surface area (TPSA) is 83.9 Å². The average Bonchev–Trinajstić information content (AvgIpc) is 3.04. The fraction of sp³-hybridized carbons (Fsp3) is 0.270. The molecule has 1 N–H and O–H groups in total. The second-order valence-electron chi connectivity index (χ2n) is 11.1. The second-order valence-corrected chi connectivity index (χ2v) is 11.1. The van der Waals surface area contributed by atoms with Crippen LogP contribution in [0.1, 0.15) is 59.2 Å². The molecule has 1 atom stereocenters. The lowest BCUT2D eigenvalue weighted by Crippen LogP contribution is -2.34. The zero-order chi connectivity index (χ0) is 30.0. The number of aliphatic carboxylic acids is 1. The predicted molar refractivity (Wildman–Crippen MR) is 167 cm³/mol. The van der Waals surface area contributed by atoms with Crippen LogP contribution in [0, 0.1) is 5.92 Å². The molecule has 4 aromatic rings. The Bertz CT molecular complexity index is 1530. The molecule has 1 amide bonds. The standard InChI is InChI=1S/C37H37NO5/c39-35(24-32(37(41)42)18-15-28-10-4-5-11-33(28)25-38-23-7-6-12-36(38)40)31-16-13-29(14-17-31)30-19-21-34(22-20-30)43-26-27-8-2-1-3-9-27/h1-5,8-11,13-14,16-17,19-22,32H,6-7,12,15,18,23-26H2,(H,41,42). The Morgan fingerprint density at radius 2 is 1.44 bits per heavy atom. The summed E-state index contributed by atoms with van der Waals surface area (Å²) >= 11 is 0. The van der Waals surface area contributed by atoms with Crippen molar-refractivity contribution in [3.63, 3.8) is 0 Å². The number of nitrogens with zero attached hydrogens (tertiary/aromatic N) is 1. The highest BCUT2D eigenvalue weighted by Crippen LogP contribution is 2.25. The van der Waals surface area contributed by atoms with Gasteiger partial charge in [0.15, 0.2) is 5.78 Å². The molecule has 0 radical (unpaired) electrons. The van der Waals surface area contributed by atoms with Crippen molar-refractivity contribution in [1.29, 1.82) is 0 Å². The summed E-state index contributed by atoms with van der Waals surface area (Å²) in [5, 5.41) is 9.91. The van der Waals surface area contributed by atoms with Crippen LogP contribution < -0.4 is 4.74 Å². The van der Waals surface area contributed by atoms with Gasteiger partial charge in [0.1, 0.15) is 12.4 Å². The van der Waals surface area contributed by atoms with Gasteiger partial charge in [0, 0.05) is 31.5 Å². The van der Waals surface area contributed by atoms with E-state index in [0.717, 1.165) is 53.0 Å². The molecule has 5 rings (SSSR count). The number of carbonyl (C=O) groups is 3. The molecular formula is C37H37NO5. The summed E-state index contributed by atoms with van der Waals surface area (Å²) in [6.45, 7) is 1.80. The van der Waals surface area contributed by atoms with E-state index < -0.39 is 11.9 Å². The highest BCUT2D eigenvalue weighted by Gasteiger charge is 2.23. The first-order valence-corrected chi connectivity index (χ1v) is 14.9. The number of benzene rings is 4. The number of ether oxygens (including phenoxy) is 1. The van der Waals surface area contributed by atoms with E-state index in [-0.39, 0.29) is 18.1 Å². The molecule has 1 unspecified atom stereocenters. The van der Waals surface area contributed by atoms with Crippen LogP contribution in [0.25, 0.3) is 11.1 Å². The average molecular weight is 576 g/mol. The lowest BCUT2D eigenvalue weighted by molar-refractivity contribution is -0.141. The number of hydrogen-bond donors (Lipinski definition) is 1. The van der Waals surface area contributed by atoms with Gasteiger partial charge in [0.2, 0.25) is 5.91 Å². The number of aryl methyl sites for hydroxylation is 1. The van der Waals surface area contributed by atoms with E-state index in [1.54, 1.807) is 12.1 Å². The molecule has 0 spiro atoms. The smallest absolute Gasteiger partial charge is 0.306 e. The number of piperidine rings is 1. The number of rotatable bonds is 13. The quantitative estimate of drug-likeness (QED) is 0.169. The van der Waals surface area contributed by atoms with Gasteiger partial charge < -0.3 is 14.7 Å². The van der Waals surface area contributed by atoms with Gasteiger partial charge in [0.05, 0.1) is 5.92 Å². The maximum atomic E-state index is 13.1. The maximum Gasteiger partial charge on any atom is 0.306 e. The van der Waals surface area contributed by atoms with Crippen LogP contribution in [0.3, 0.4) is 0 Å². The van der Waals surface area contributed by atoms with Gasteiger partial charge in [-0.3, -0.25) is 14.4 Å². The number of Topliss-reactive ketones (excluding diaryl/α,β-unsaturated/α-hetero) is 1. The van der Waals surface area contributed by atoms with E-state index in [9.17, 15) is 19.5 Å². The summed E-state index contributed by atoms with van der Waals surface area (Å²) in [5.41, 5.74) is 5.64. The molecule has 1 heterocycles. The summed E-state index contributed by atoms with van der Waals surface area (Å²) in [6.07, 6.45) is 3.35. The van der Waals surface area contributed by atoms with Crippen LogP contribution in [0.2, 0.25) is 0 Å². The van der Waals surface area contributed by atoms with Crippen molar-refractivity contribution >= 4 is 17.7 Å². The van der Waals surface area contributed by atoms with Crippen molar-refractivity contribution in [2.75, 3.05) is 6.54 Å². The van der Waals surface area contributed by atoms with Crippen molar-refractivity contribution in [3.05, 3.63) is 125 Å². The molecule has 1 aliphatic heterocycles. The molecule has 6 nitrogen and oxygen atoms in total. The third kappa shape index (κ3) is 8.19. The Morgan fingerprint density at radius 1 is 0.791 bits per heavy atom. The molecule has 4 aromatic carbocycles. The lowest BCUT2D eigenvalue weighted by Gasteiger charge is -2.27. The minimum absolute atomic E-state index is 0.0606. The Balaban J connectivity index is 1.16. The number of carboxylic acid groups (broad SMARTS) is 1. The highest BCUT2D eigenvalue weighted by atomic mass is 16.5. The summed E-state index contributed by atoms with van der Waals surface area (Å²) in [6, 6.07) is 33.0.